The third kappa shape index (κ3) is 3.23. The summed E-state index contributed by atoms with van der Waals surface area (Å²) in [6, 6.07) is 0. The number of rotatable bonds is 5. The average molecular weight is 231 g/mol. The van der Waals surface area contributed by atoms with Gasteiger partial charge in [0.05, 0.1) is 5.75 Å². The lowest BCUT2D eigenvalue weighted by atomic mass is 10.3. The molecule has 86 valence electrons. The Morgan fingerprint density at radius 3 is 2.53 bits per heavy atom. The van der Waals surface area contributed by atoms with Crippen LogP contribution in [0.1, 0.15) is 31.0 Å². The molecular weight excluding hydrogens is 214 g/mol. The van der Waals surface area contributed by atoms with E-state index in [9.17, 15) is 8.42 Å². The van der Waals surface area contributed by atoms with Crippen molar-refractivity contribution in [2.24, 2.45) is 0 Å². The first-order valence-electron chi connectivity index (χ1n) is 4.98. The summed E-state index contributed by atoms with van der Waals surface area (Å²) in [7, 11) is -3.24. The largest absolute Gasteiger partial charge is 0.280 e. The van der Waals surface area contributed by atoms with Crippen LogP contribution in [0.15, 0.2) is 0 Å². The van der Waals surface area contributed by atoms with Crippen LogP contribution in [0.3, 0.4) is 0 Å². The van der Waals surface area contributed by atoms with E-state index in [2.05, 4.69) is 14.9 Å². The molecule has 15 heavy (non-hydrogen) atoms. The number of aromatic amines is 1. The van der Waals surface area contributed by atoms with Crippen molar-refractivity contribution in [1.82, 2.24) is 10.2 Å². The SMILES string of the molecule is CCCCS(=O)(=O)Nc1n[nH]c(C)c1C. The Hall–Kier alpha value is -1.04. The van der Waals surface area contributed by atoms with Crippen LogP contribution in [0.25, 0.3) is 0 Å². The standard InChI is InChI=1S/C9H17N3O2S/c1-4-5-6-15(13,14)12-9-7(2)8(3)10-11-9/h4-6H2,1-3H3,(H2,10,11,12). The molecule has 1 heterocycles. The molecule has 0 saturated carbocycles. The topological polar surface area (TPSA) is 74.8 Å². The van der Waals surface area contributed by atoms with Gasteiger partial charge in [0.15, 0.2) is 5.82 Å². The second-order valence-corrected chi connectivity index (χ2v) is 5.44. The van der Waals surface area contributed by atoms with E-state index < -0.39 is 10.0 Å². The Balaban J connectivity index is 2.73. The van der Waals surface area contributed by atoms with Crippen LogP contribution >= 0.6 is 0 Å². The number of aromatic nitrogens is 2. The molecule has 0 radical (unpaired) electrons. The first-order chi connectivity index (χ1) is 6.96. The maximum absolute atomic E-state index is 11.6. The first kappa shape index (κ1) is 12.0. The highest BCUT2D eigenvalue weighted by molar-refractivity contribution is 7.92. The summed E-state index contributed by atoms with van der Waals surface area (Å²) >= 11 is 0. The predicted octanol–water partition coefficient (Wildman–Crippen LogP) is 1.57. The molecule has 0 aromatic carbocycles. The zero-order valence-corrected chi connectivity index (χ0v) is 10.1. The summed E-state index contributed by atoms with van der Waals surface area (Å²) in [4.78, 5) is 0. The highest BCUT2D eigenvalue weighted by Crippen LogP contribution is 2.15. The van der Waals surface area contributed by atoms with Gasteiger partial charge in [-0.1, -0.05) is 13.3 Å². The smallest absolute Gasteiger partial charge is 0.233 e. The van der Waals surface area contributed by atoms with E-state index in [4.69, 9.17) is 0 Å². The van der Waals surface area contributed by atoms with Gasteiger partial charge < -0.3 is 0 Å². The van der Waals surface area contributed by atoms with E-state index in [1.807, 2.05) is 20.8 Å². The average Bonchev–Trinajstić information content (AvgIpc) is 2.46. The molecule has 0 fully saturated rings. The van der Waals surface area contributed by atoms with E-state index in [0.717, 1.165) is 17.7 Å². The van der Waals surface area contributed by atoms with Crippen LogP contribution in [0.4, 0.5) is 5.82 Å². The third-order valence-corrected chi connectivity index (χ3v) is 3.60. The number of hydrogen-bond acceptors (Lipinski definition) is 3. The molecule has 0 spiro atoms. The Morgan fingerprint density at radius 1 is 1.40 bits per heavy atom. The molecule has 0 aliphatic rings. The number of nitrogens with one attached hydrogen (secondary N) is 2. The number of sulfonamides is 1. The van der Waals surface area contributed by atoms with Gasteiger partial charge in [-0.15, -0.1) is 0 Å². The van der Waals surface area contributed by atoms with Crippen LogP contribution in [0, 0.1) is 13.8 Å². The van der Waals surface area contributed by atoms with Crippen LogP contribution in [-0.2, 0) is 10.0 Å². The van der Waals surface area contributed by atoms with Crippen LogP contribution < -0.4 is 4.72 Å². The number of anilines is 1. The number of nitrogens with zero attached hydrogens (tertiary/aromatic N) is 1. The Morgan fingerprint density at radius 2 is 2.07 bits per heavy atom. The van der Waals surface area contributed by atoms with Crippen molar-refractivity contribution in [2.75, 3.05) is 10.5 Å². The van der Waals surface area contributed by atoms with Gasteiger partial charge >= 0.3 is 0 Å². The number of unbranched alkanes of at least 4 members (excludes halogenated alkanes) is 1. The molecule has 1 aromatic rings. The second kappa shape index (κ2) is 4.65. The van der Waals surface area contributed by atoms with Crippen molar-refractivity contribution in [3.8, 4) is 0 Å². The van der Waals surface area contributed by atoms with Crippen molar-refractivity contribution < 1.29 is 8.42 Å². The van der Waals surface area contributed by atoms with E-state index in [0.29, 0.717) is 12.2 Å². The minimum absolute atomic E-state index is 0.148. The minimum atomic E-state index is -3.24. The lowest BCUT2D eigenvalue weighted by molar-refractivity contribution is 0.597. The van der Waals surface area contributed by atoms with Crippen LogP contribution in [-0.4, -0.2) is 24.4 Å². The van der Waals surface area contributed by atoms with Crippen molar-refractivity contribution >= 4 is 15.8 Å². The molecule has 5 nitrogen and oxygen atoms in total. The zero-order chi connectivity index (χ0) is 11.5. The normalized spacial score (nSPS) is 11.7. The van der Waals surface area contributed by atoms with Gasteiger partial charge in [0.2, 0.25) is 10.0 Å². The Kier molecular flexibility index (Phi) is 3.73. The Labute approximate surface area is 90.3 Å². The van der Waals surface area contributed by atoms with Gasteiger partial charge in [-0.3, -0.25) is 9.82 Å². The molecule has 0 aliphatic carbocycles. The van der Waals surface area contributed by atoms with E-state index in [1.165, 1.54) is 0 Å². The third-order valence-electron chi connectivity index (χ3n) is 2.27. The van der Waals surface area contributed by atoms with Crippen molar-refractivity contribution in [2.45, 2.75) is 33.6 Å². The zero-order valence-electron chi connectivity index (χ0n) is 9.29. The van der Waals surface area contributed by atoms with Crippen molar-refractivity contribution in [3.05, 3.63) is 11.3 Å². The molecule has 6 heteroatoms. The maximum atomic E-state index is 11.6. The summed E-state index contributed by atoms with van der Waals surface area (Å²) in [6.07, 6.45) is 1.53. The van der Waals surface area contributed by atoms with Crippen molar-refractivity contribution in [1.29, 1.82) is 0 Å². The second-order valence-electron chi connectivity index (χ2n) is 3.60. The molecule has 0 aliphatic heterocycles. The lowest BCUT2D eigenvalue weighted by Gasteiger charge is -2.05. The molecule has 0 atom stereocenters. The highest BCUT2D eigenvalue weighted by Gasteiger charge is 2.13. The summed E-state index contributed by atoms with van der Waals surface area (Å²) in [6.45, 7) is 5.64. The van der Waals surface area contributed by atoms with Gasteiger partial charge in [0, 0.05) is 11.3 Å². The van der Waals surface area contributed by atoms with Crippen molar-refractivity contribution in [3.63, 3.8) is 0 Å². The first-order valence-corrected chi connectivity index (χ1v) is 6.63. The molecular formula is C9H17N3O2S. The van der Waals surface area contributed by atoms with Crippen LogP contribution in [0.2, 0.25) is 0 Å². The lowest BCUT2D eigenvalue weighted by Crippen LogP contribution is -2.17. The van der Waals surface area contributed by atoms with Gasteiger partial charge in [0.25, 0.3) is 0 Å². The molecule has 1 aromatic heterocycles. The quantitative estimate of drug-likeness (QED) is 0.807. The maximum Gasteiger partial charge on any atom is 0.233 e. The molecule has 1 rings (SSSR count). The number of hydrogen-bond donors (Lipinski definition) is 2. The molecule has 2 N–H and O–H groups in total. The molecule has 0 amide bonds. The summed E-state index contributed by atoms with van der Waals surface area (Å²) in [5.74, 6) is 0.554. The molecule has 0 bridgehead atoms. The molecule has 0 saturated heterocycles. The van der Waals surface area contributed by atoms with Crippen LogP contribution in [0.5, 0.6) is 0 Å². The van der Waals surface area contributed by atoms with Gasteiger partial charge in [-0.05, 0) is 20.3 Å². The number of aryl methyl sites for hydroxylation is 1. The fourth-order valence-electron chi connectivity index (χ4n) is 1.12. The van der Waals surface area contributed by atoms with E-state index >= 15 is 0 Å². The van der Waals surface area contributed by atoms with E-state index in [-0.39, 0.29) is 5.75 Å². The number of H-pyrrole nitrogens is 1. The fraction of sp³-hybridized carbons (Fsp3) is 0.667. The van der Waals surface area contributed by atoms with Gasteiger partial charge in [0.1, 0.15) is 0 Å². The fourth-order valence-corrected chi connectivity index (χ4v) is 2.38. The highest BCUT2D eigenvalue weighted by atomic mass is 32.2. The summed E-state index contributed by atoms with van der Waals surface area (Å²) in [5, 5.41) is 6.63. The summed E-state index contributed by atoms with van der Waals surface area (Å²) < 4.78 is 25.6. The van der Waals surface area contributed by atoms with Gasteiger partial charge in [-0.2, -0.15) is 5.10 Å². The minimum Gasteiger partial charge on any atom is -0.280 e. The predicted molar refractivity (Wildman–Crippen MR) is 60.4 cm³/mol. The summed E-state index contributed by atoms with van der Waals surface area (Å²) in [5.41, 5.74) is 1.72. The van der Waals surface area contributed by atoms with Gasteiger partial charge in [-0.25, -0.2) is 8.42 Å². The Bertz CT molecular complexity index is 423. The molecule has 0 unspecified atom stereocenters. The monoisotopic (exact) mass is 231 g/mol. The van der Waals surface area contributed by atoms with E-state index in [1.54, 1.807) is 0 Å².